The third-order valence-electron chi connectivity index (χ3n) is 3.87. The van der Waals surface area contributed by atoms with Crippen LogP contribution >= 0.6 is 0 Å². The normalized spacial score (nSPS) is 16.2. The van der Waals surface area contributed by atoms with Crippen molar-refractivity contribution in [2.24, 2.45) is 0 Å². The van der Waals surface area contributed by atoms with E-state index in [1.807, 2.05) is 37.1 Å². The topological polar surface area (TPSA) is 35.6 Å². The van der Waals surface area contributed by atoms with Crippen LogP contribution in [-0.2, 0) is 0 Å². The Morgan fingerprint density at radius 1 is 1.25 bits per heavy atom. The lowest BCUT2D eigenvalue weighted by molar-refractivity contribution is 0.0638. The molecule has 0 saturated carbocycles. The first kappa shape index (κ1) is 14.9. The molecule has 0 unspecified atom stereocenters. The van der Waals surface area contributed by atoms with E-state index in [0.717, 1.165) is 49.5 Å². The summed E-state index contributed by atoms with van der Waals surface area (Å²) in [5.74, 6) is 0.147. The van der Waals surface area contributed by atoms with E-state index in [1.165, 1.54) is 6.42 Å². The standard InChI is InChI=1S/C16H25N3O/c1-4-7-18-8-10-19(11-9-18)16(20)14-12-13(2)5-6-15(14)17-3/h5-6,12,17H,4,7-11H2,1-3H3. The number of hydrogen-bond acceptors (Lipinski definition) is 3. The van der Waals surface area contributed by atoms with Crippen molar-refractivity contribution in [1.29, 1.82) is 0 Å². The fraction of sp³-hybridized carbons (Fsp3) is 0.562. The monoisotopic (exact) mass is 275 g/mol. The minimum absolute atomic E-state index is 0.147. The molecule has 2 rings (SSSR count). The van der Waals surface area contributed by atoms with Crippen molar-refractivity contribution >= 4 is 11.6 Å². The van der Waals surface area contributed by atoms with E-state index < -0.39 is 0 Å². The van der Waals surface area contributed by atoms with Crippen LogP contribution in [0.2, 0.25) is 0 Å². The number of piperazine rings is 1. The van der Waals surface area contributed by atoms with E-state index >= 15 is 0 Å². The number of benzene rings is 1. The minimum Gasteiger partial charge on any atom is -0.387 e. The second-order valence-electron chi connectivity index (χ2n) is 5.43. The summed E-state index contributed by atoms with van der Waals surface area (Å²) in [6.07, 6.45) is 1.18. The van der Waals surface area contributed by atoms with E-state index in [2.05, 4.69) is 17.1 Å². The number of nitrogens with zero attached hydrogens (tertiary/aromatic N) is 2. The molecule has 1 aliphatic rings. The predicted molar refractivity (Wildman–Crippen MR) is 83.4 cm³/mol. The smallest absolute Gasteiger partial charge is 0.256 e. The summed E-state index contributed by atoms with van der Waals surface area (Å²) in [7, 11) is 1.86. The summed E-state index contributed by atoms with van der Waals surface area (Å²) in [6.45, 7) is 8.99. The number of rotatable bonds is 4. The van der Waals surface area contributed by atoms with Gasteiger partial charge in [-0.2, -0.15) is 0 Å². The Labute approximate surface area is 121 Å². The second-order valence-corrected chi connectivity index (χ2v) is 5.43. The van der Waals surface area contributed by atoms with Gasteiger partial charge in [-0.1, -0.05) is 18.6 Å². The number of carbonyl (C=O) groups excluding carboxylic acids is 1. The van der Waals surface area contributed by atoms with Crippen LogP contribution in [0, 0.1) is 6.92 Å². The Hall–Kier alpha value is -1.55. The van der Waals surface area contributed by atoms with Crippen LogP contribution in [0.15, 0.2) is 18.2 Å². The molecule has 1 heterocycles. The van der Waals surface area contributed by atoms with Crippen molar-refractivity contribution in [3.8, 4) is 0 Å². The molecule has 1 saturated heterocycles. The summed E-state index contributed by atoms with van der Waals surface area (Å²) in [5.41, 5.74) is 2.82. The van der Waals surface area contributed by atoms with Crippen molar-refractivity contribution in [3.63, 3.8) is 0 Å². The molecule has 1 aliphatic heterocycles. The zero-order valence-electron chi connectivity index (χ0n) is 12.8. The van der Waals surface area contributed by atoms with Gasteiger partial charge in [-0.3, -0.25) is 9.69 Å². The maximum Gasteiger partial charge on any atom is 0.256 e. The molecule has 1 aromatic rings. The Balaban J connectivity index is 2.07. The highest BCUT2D eigenvalue weighted by atomic mass is 16.2. The van der Waals surface area contributed by atoms with E-state index in [1.54, 1.807) is 0 Å². The van der Waals surface area contributed by atoms with E-state index in [0.29, 0.717) is 0 Å². The van der Waals surface area contributed by atoms with Crippen LogP contribution < -0.4 is 5.32 Å². The molecule has 4 nitrogen and oxygen atoms in total. The van der Waals surface area contributed by atoms with E-state index in [9.17, 15) is 4.79 Å². The minimum atomic E-state index is 0.147. The van der Waals surface area contributed by atoms with Crippen LogP contribution in [-0.4, -0.2) is 55.5 Å². The fourth-order valence-electron chi connectivity index (χ4n) is 2.71. The van der Waals surface area contributed by atoms with Gasteiger partial charge in [0.1, 0.15) is 0 Å². The average Bonchev–Trinajstić information content (AvgIpc) is 2.47. The third-order valence-corrected chi connectivity index (χ3v) is 3.87. The van der Waals surface area contributed by atoms with Gasteiger partial charge in [0.15, 0.2) is 0 Å². The van der Waals surface area contributed by atoms with Crippen LogP contribution in [0.1, 0.15) is 29.3 Å². The fourth-order valence-corrected chi connectivity index (χ4v) is 2.71. The first-order valence-electron chi connectivity index (χ1n) is 7.45. The molecule has 1 amide bonds. The molecule has 0 aliphatic carbocycles. The average molecular weight is 275 g/mol. The van der Waals surface area contributed by atoms with Crippen LogP contribution in [0.5, 0.6) is 0 Å². The Morgan fingerprint density at radius 2 is 1.95 bits per heavy atom. The number of aryl methyl sites for hydroxylation is 1. The Kier molecular flexibility index (Phi) is 5.01. The molecule has 4 heteroatoms. The van der Waals surface area contributed by atoms with E-state index in [-0.39, 0.29) is 5.91 Å². The molecular formula is C16H25N3O. The Morgan fingerprint density at radius 3 is 2.55 bits per heavy atom. The SMILES string of the molecule is CCCN1CCN(C(=O)c2cc(C)ccc2NC)CC1. The predicted octanol–water partition coefficient (Wildman–Crippen LogP) is 2.20. The van der Waals surface area contributed by atoms with Crippen molar-refractivity contribution in [3.05, 3.63) is 29.3 Å². The largest absolute Gasteiger partial charge is 0.387 e. The summed E-state index contributed by atoms with van der Waals surface area (Å²) in [6, 6.07) is 5.99. The zero-order chi connectivity index (χ0) is 14.5. The first-order chi connectivity index (χ1) is 9.65. The molecule has 0 atom stereocenters. The van der Waals surface area contributed by atoms with Gasteiger partial charge in [-0.15, -0.1) is 0 Å². The van der Waals surface area contributed by atoms with Gasteiger partial charge in [0, 0.05) is 38.9 Å². The van der Waals surface area contributed by atoms with Gasteiger partial charge in [0.2, 0.25) is 0 Å². The summed E-state index contributed by atoms with van der Waals surface area (Å²) in [5, 5.41) is 3.11. The maximum absolute atomic E-state index is 12.7. The summed E-state index contributed by atoms with van der Waals surface area (Å²) in [4.78, 5) is 17.1. The van der Waals surface area contributed by atoms with Crippen LogP contribution in [0.3, 0.4) is 0 Å². The molecule has 1 aromatic carbocycles. The van der Waals surface area contributed by atoms with Gasteiger partial charge >= 0.3 is 0 Å². The first-order valence-corrected chi connectivity index (χ1v) is 7.45. The van der Waals surface area contributed by atoms with Gasteiger partial charge < -0.3 is 10.2 Å². The lowest BCUT2D eigenvalue weighted by Gasteiger charge is -2.34. The maximum atomic E-state index is 12.7. The molecule has 1 N–H and O–H groups in total. The number of hydrogen-bond donors (Lipinski definition) is 1. The van der Waals surface area contributed by atoms with Crippen molar-refractivity contribution in [2.75, 3.05) is 45.1 Å². The summed E-state index contributed by atoms with van der Waals surface area (Å²) >= 11 is 0. The highest BCUT2D eigenvalue weighted by molar-refractivity contribution is 5.99. The van der Waals surface area contributed by atoms with Gasteiger partial charge in [0.25, 0.3) is 5.91 Å². The van der Waals surface area contributed by atoms with E-state index in [4.69, 9.17) is 0 Å². The molecule has 0 radical (unpaired) electrons. The lowest BCUT2D eigenvalue weighted by Crippen LogP contribution is -2.48. The molecule has 20 heavy (non-hydrogen) atoms. The molecule has 0 aromatic heterocycles. The summed E-state index contributed by atoms with van der Waals surface area (Å²) < 4.78 is 0. The van der Waals surface area contributed by atoms with Gasteiger partial charge in [0.05, 0.1) is 5.56 Å². The highest BCUT2D eigenvalue weighted by Gasteiger charge is 2.23. The molecule has 110 valence electrons. The molecule has 0 spiro atoms. The Bertz CT molecular complexity index is 465. The van der Waals surface area contributed by atoms with Gasteiger partial charge in [-0.25, -0.2) is 0 Å². The highest BCUT2D eigenvalue weighted by Crippen LogP contribution is 2.19. The number of anilines is 1. The van der Waals surface area contributed by atoms with Crippen molar-refractivity contribution < 1.29 is 4.79 Å². The van der Waals surface area contributed by atoms with Crippen LogP contribution in [0.4, 0.5) is 5.69 Å². The molecule has 1 fully saturated rings. The van der Waals surface area contributed by atoms with Gasteiger partial charge in [-0.05, 0) is 32.0 Å². The number of carbonyl (C=O) groups is 1. The zero-order valence-corrected chi connectivity index (χ0v) is 12.8. The van der Waals surface area contributed by atoms with Crippen LogP contribution in [0.25, 0.3) is 0 Å². The molecule has 0 bridgehead atoms. The molecular weight excluding hydrogens is 250 g/mol. The number of nitrogens with one attached hydrogen (secondary N) is 1. The number of amides is 1. The van der Waals surface area contributed by atoms with Crippen molar-refractivity contribution in [1.82, 2.24) is 9.80 Å². The third kappa shape index (κ3) is 3.31. The van der Waals surface area contributed by atoms with Crippen molar-refractivity contribution in [2.45, 2.75) is 20.3 Å². The quantitative estimate of drug-likeness (QED) is 0.915. The second kappa shape index (κ2) is 6.75. The lowest BCUT2D eigenvalue weighted by atomic mass is 10.1.